The van der Waals surface area contributed by atoms with Crippen LogP contribution in [0.2, 0.25) is 0 Å². The minimum atomic E-state index is 0.893. The summed E-state index contributed by atoms with van der Waals surface area (Å²) in [4.78, 5) is 0.987. The number of nitrogen functional groups attached to an aromatic ring is 1. The van der Waals surface area contributed by atoms with Crippen molar-refractivity contribution < 1.29 is 0 Å². The Morgan fingerprint density at radius 1 is 1.14 bits per heavy atom. The SMILES string of the molecule is Cc1cc2cc(S)ccc2c(C)c1N. The number of rotatable bonds is 0. The summed E-state index contributed by atoms with van der Waals surface area (Å²) in [6.45, 7) is 4.09. The molecule has 1 nitrogen and oxygen atoms in total. The fraction of sp³-hybridized carbons (Fsp3) is 0.167. The first-order chi connectivity index (χ1) is 6.59. The Bertz CT molecular complexity index is 503. The van der Waals surface area contributed by atoms with Gasteiger partial charge in [-0.3, -0.25) is 0 Å². The number of benzene rings is 2. The zero-order chi connectivity index (χ0) is 10.3. The second kappa shape index (κ2) is 3.21. The molecule has 0 atom stereocenters. The first-order valence-electron chi connectivity index (χ1n) is 4.58. The van der Waals surface area contributed by atoms with Crippen LogP contribution in [0.25, 0.3) is 10.8 Å². The van der Waals surface area contributed by atoms with Crippen LogP contribution in [-0.4, -0.2) is 0 Å². The third-order valence-corrected chi connectivity index (χ3v) is 2.92. The van der Waals surface area contributed by atoms with E-state index in [2.05, 4.69) is 37.8 Å². The van der Waals surface area contributed by atoms with E-state index < -0.39 is 0 Å². The minimum absolute atomic E-state index is 0.893. The first kappa shape index (κ1) is 9.41. The molecule has 0 fully saturated rings. The fourth-order valence-electron chi connectivity index (χ4n) is 1.76. The van der Waals surface area contributed by atoms with Gasteiger partial charge in [0.15, 0.2) is 0 Å². The fourth-order valence-corrected chi connectivity index (χ4v) is 1.98. The van der Waals surface area contributed by atoms with Crippen molar-refractivity contribution in [1.29, 1.82) is 0 Å². The molecule has 0 bridgehead atoms. The number of aryl methyl sites for hydroxylation is 2. The van der Waals surface area contributed by atoms with Crippen LogP contribution < -0.4 is 5.73 Å². The third kappa shape index (κ3) is 1.36. The maximum absolute atomic E-state index is 5.97. The van der Waals surface area contributed by atoms with E-state index in [0.29, 0.717) is 0 Å². The minimum Gasteiger partial charge on any atom is -0.398 e. The van der Waals surface area contributed by atoms with Gasteiger partial charge < -0.3 is 5.73 Å². The van der Waals surface area contributed by atoms with Gasteiger partial charge in [0, 0.05) is 10.6 Å². The summed E-state index contributed by atoms with van der Waals surface area (Å²) in [5, 5.41) is 2.42. The van der Waals surface area contributed by atoms with Crippen LogP contribution in [0.4, 0.5) is 5.69 Å². The van der Waals surface area contributed by atoms with Crippen molar-refractivity contribution >= 4 is 29.1 Å². The van der Waals surface area contributed by atoms with Gasteiger partial charge in [0.2, 0.25) is 0 Å². The maximum atomic E-state index is 5.97. The molecule has 0 aromatic heterocycles. The molecule has 2 aromatic rings. The summed E-state index contributed by atoms with van der Waals surface area (Å²) in [7, 11) is 0. The lowest BCUT2D eigenvalue weighted by Crippen LogP contribution is -1.94. The van der Waals surface area contributed by atoms with E-state index in [0.717, 1.165) is 21.7 Å². The largest absolute Gasteiger partial charge is 0.398 e. The van der Waals surface area contributed by atoms with Gasteiger partial charge in [0.1, 0.15) is 0 Å². The van der Waals surface area contributed by atoms with E-state index in [9.17, 15) is 0 Å². The van der Waals surface area contributed by atoms with E-state index in [1.807, 2.05) is 13.0 Å². The quantitative estimate of drug-likeness (QED) is 0.498. The van der Waals surface area contributed by atoms with Gasteiger partial charge in [-0.25, -0.2) is 0 Å². The highest BCUT2D eigenvalue weighted by Gasteiger charge is 2.04. The zero-order valence-electron chi connectivity index (χ0n) is 8.33. The molecule has 2 heteroatoms. The highest BCUT2D eigenvalue weighted by atomic mass is 32.1. The number of hydrogen-bond acceptors (Lipinski definition) is 2. The zero-order valence-corrected chi connectivity index (χ0v) is 9.23. The van der Waals surface area contributed by atoms with Crippen molar-refractivity contribution in [3.05, 3.63) is 35.4 Å². The van der Waals surface area contributed by atoms with Crippen LogP contribution in [0.3, 0.4) is 0 Å². The van der Waals surface area contributed by atoms with E-state index in [1.54, 1.807) is 0 Å². The number of hydrogen-bond donors (Lipinski definition) is 2. The van der Waals surface area contributed by atoms with Gasteiger partial charge in [-0.05, 0) is 53.9 Å². The number of fused-ring (bicyclic) bond motifs is 1. The van der Waals surface area contributed by atoms with Crippen LogP contribution in [0, 0.1) is 13.8 Å². The predicted octanol–water partition coefficient (Wildman–Crippen LogP) is 3.33. The van der Waals surface area contributed by atoms with Crippen LogP contribution >= 0.6 is 12.6 Å². The van der Waals surface area contributed by atoms with Gasteiger partial charge in [-0.15, -0.1) is 12.6 Å². The molecule has 14 heavy (non-hydrogen) atoms. The molecular weight excluding hydrogens is 190 g/mol. The van der Waals surface area contributed by atoms with Crippen molar-refractivity contribution in [1.82, 2.24) is 0 Å². The van der Waals surface area contributed by atoms with Gasteiger partial charge >= 0.3 is 0 Å². The molecule has 2 aromatic carbocycles. The van der Waals surface area contributed by atoms with Crippen molar-refractivity contribution in [2.45, 2.75) is 18.7 Å². The molecule has 0 radical (unpaired) electrons. The molecule has 0 amide bonds. The Balaban J connectivity index is 2.91. The standard InChI is InChI=1S/C12H13NS/c1-7-5-9-6-10(14)3-4-11(9)8(2)12(7)13/h3-6,14H,13H2,1-2H3. The maximum Gasteiger partial charge on any atom is 0.0379 e. The number of anilines is 1. The number of thiol groups is 1. The summed E-state index contributed by atoms with van der Waals surface area (Å²) < 4.78 is 0. The lowest BCUT2D eigenvalue weighted by molar-refractivity contribution is 1.41. The molecule has 0 aliphatic carbocycles. The molecule has 0 spiro atoms. The number of nitrogens with two attached hydrogens (primary N) is 1. The van der Waals surface area contributed by atoms with Crippen LogP contribution in [0.15, 0.2) is 29.2 Å². The average Bonchev–Trinajstić information content (AvgIpc) is 2.14. The highest BCUT2D eigenvalue weighted by Crippen LogP contribution is 2.28. The Kier molecular flexibility index (Phi) is 2.16. The molecule has 0 heterocycles. The second-order valence-corrected chi connectivity index (χ2v) is 4.15. The first-order valence-corrected chi connectivity index (χ1v) is 5.02. The molecule has 0 unspecified atom stereocenters. The molecule has 0 saturated carbocycles. The Morgan fingerprint density at radius 3 is 2.57 bits per heavy atom. The smallest absolute Gasteiger partial charge is 0.0379 e. The Morgan fingerprint density at radius 2 is 1.86 bits per heavy atom. The van der Waals surface area contributed by atoms with Crippen molar-refractivity contribution in [2.75, 3.05) is 5.73 Å². The monoisotopic (exact) mass is 203 g/mol. The topological polar surface area (TPSA) is 26.0 Å². The van der Waals surface area contributed by atoms with E-state index >= 15 is 0 Å². The lowest BCUT2D eigenvalue weighted by atomic mass is 10.0. The summed E-state index contributed by atoms with van der Waals surface area (Å²) in [6, 6.07) is 8.24. The summed E-state index contributed by atoms with van der Waals surface area (Å²) >= 11 is 4.32. The highest BCUT2D eigenvalue weighted by molar-refractivity contribution is 7.80. The van der Waals surface area contributed by atoms with Crippen molar-refractivity contribution in [2.24, 2.45) is 0 Å². The second-order valence-electron chi connectivity index (χ2n) is 3.64. The third-order valence-electron chi connectivity index (χ3n) is 2.64. The molecular formula is C12H13NS. The molecule has 72 valence electrons. The molecule has 0 aliphatic heterocycles. The Hall–Kier alpha value is -1.15. The average molecular weight is 203 g/mol. The summed E-state index contributed by atoms with van der Waals surface area (Å²) in [5.41, 5.74) is 9.15. The summed E-state index contributed by atoms with van der Waals surface area (Å²) in [6.07, 6.45) is 0. The van der Waals surface area contributed by atoms with Crippen molar-refractivity contribution in [3.8, 4) is 0 Å². The van der Waals surface area contributed by atoms with Gasteiger partial charge in [-0.2, -0.15) is 0 Å². The van der Waals surface area contributed by atoms with Gasteiger partial charge in [0.05, 0.1) is 0 Å². The lowest BCUT2D eigenvalue weighted by Gasteiger charge is -2.09. The molecule has 2 rings (SSSR count). The van der Waals surface area contributed by atoms with Crippen LogP contribution in [-0.2, 0) is 0 Å². The van der Waals surface area contributed by atoms with Gasteiger partial charge in [0.25, 0.3) is 0 Å². The van der Waals surface area contributed by atoms with E-state index in [4.69, 9.17) is 5.73 Å². The van der Waals surface area contributed by atoms with Crippen LogP contribution in [0.1, 0.15) is 11.1 Å². The van der Waals surface area contributed by atoms with E-state index in [1.165, 1.54) is 10.8 Å². The van der Waals surface area contributed by atoms with E-state index in [-0.39, 0.29) is 0 Å². The predicted molar refractivity (Wildman–Crippen MR) is 65.1 cm³/mol. The van der Waals surface area contributed by atoms with Gasteiger partial charge in [-0.1, -0.05) is 6.07 Å². The summed E-state index contributed by atoms with van der Waals surface area (Å²) in [5.74, 6) is 0. The normalized spacial score (nSPS) is 10.8. The van der Waals surface area contributed by atoms with Crippen LogP contribution in [0.5, 0.6) is 0 Å². The Labute approximate surface area is 89.3 Å². The van der Waals surface area contributed by atoms with Crippen molar-refractivity contribution in [3.63, 3.8) is 0 Å². The molecule has 0 saturated heterocycles. The molecule has 0 aliphatic rings. The molecule has 2 N–H and O–H groups in total.